The van der Waals surface area contributed by atoms with Gasteiger partial charge in [0, 0.05) is 12.8 Å². The number of esters is 4. The second kappa shape index (κ2) is 15.9. The zero-order valence-electron chi connectivity index (χ0n) is 31.6. The van der Waals surface area contributed by atoms with Crippen LogP contribution in [0.2, 0.25) is 0 Å². The Morgan fingerprint density at radius 2 is 1.13 bits per heavy atom. The molecule has 0 saturated heterocycles. The van der Waals surface area contributed by atoms with Crippen molar-refractivity contribution in [2.24, 2.45) is 0 Å². The number of ether oxygens (including phenoxy) is 4. The van der Waals surface area contributed by atoms with Crippen molar-refractivity contribution < 1.29 is 72.6 Å². The SMILES string of the molecule is COC(=O)CCC1=C(CC(=O)OC)c2cc3[n-]c(cc4nc(cc5[n-]c(cc1n2)c(CCC(=O)OC)c5CC(=O)OC)C(C)(C)C4=O)C(C)(O)C3(C)O.[Zn+2]. The predicted molar refractivity (Wildman–Crippen MR) is 188 cm³/mol. The van der Waals surface area contributed by atoms with Crippen molar-refractivity contribution in [2.75, 3.05) is 28.4 Å². The van der Waals surface area contributed by atoms with Crippen LogP contribution in [0.3, 0.4) is 0 Å². The third kappa shape index (κ3) is 7.73. The van der Waals surface area contributed by atoms with Gasteiger partial charge in [-0.25, -0.2) is 9.97 Å². The van der Waals surface area contributed by atoms with Crippen LogP contribution >= 0.6 is 0 Å². The van der Waals surface area contributed by atoms with Crippen molar-refractivity contribution in [1.82, 2.24) is 19.9 Å². The molecule has 2 aromatic heterocycles. The monoisotopic (exact) mass is 794 g/mol. The Labute approximate surface area is 324 Å². The molecule has 5 heterocycles. The van der Waals surface area contributed by atoms with Gasteiger partial charge in [0.1, 0.15) is 5.69 Å². The number of carbonyl (C=O) groups excluding carboxylic acids is 5. The van der Waals surface area contributed by atoms with Crippen LogP contribution in [0.4, 0.5) is 0 Å². The summed E-state index contributed by atoms with van der Waals surface area (Å²) in [6, 6.07) is 5.95. The minimum Gasteiger partial charge on any atom is -0.660 e. The molecule has 2 unspecified atom stereocenters. The molecule has 5 rings (SSSR count). The fourth-order valence-electron chi connectivity index (χ4n) is 6.45. The maximum Gasteiger partial charge on any atom is 2.00 e. The van der Waals surface area contributed by atoms with Crippen LogP contribution < -0.4 is 9.97 Å². The summed E-state index contributed by atoms with van der Waals surface area (Å²) in [5.41, 5.74) is -2.23. The molecule has 0 aromatic carbocycles. The molecular weight excluding hydrogens is 754 g/mol. The Balaban J connectivity index is 0.00000650. The normalized spacial score (nSPS) is 19.4. The van der Waals surface area contributed by atoms with Crippen molar-refractivity contribution in [1.29, 1.82) is 0 Å². The van der Waals surface area contributed by atoms with Crippen molar-refractivity contribution in [3.63, 3.8) is 0 Å². The van der Waals surface area contributed by atoms with Crippen LogP contribution in [0.1, 0.15) is 103 Å². The van der Waals surface area contributed by atoms with Crippen LogP contribution in [-0.4, -0.2) is 78.3 Å². The summed E-state index contributed by atoms with van der Waals surface area (Å²) in [6.45, 7) is 6.08. The van der Waals surface area contributed by atoms with E-state index < -0.39 is 40.5 Å². The number of hydrogen-bond donors (Lipinski definition) is 2. The number of carbonyl (C=O) groups is 5. The van der Waals surface area contributed by atoms with Gasteiger partial charge in [0.25, 0.3) is 0 Å². The number of allylic oxidation sites excluding steroid dienone is 1. The van der Waals surface area contributed by atoms with Crippen LogP contribution in [-0.2, 0) is 87.1 Å². The van der Waals surface area contributed by atoms with Crippen LogP contribution in [0.5, 0.6) is 0 Å². The van der Waals surface area contributed by atoms with Crippen LogP contribution in [0.25, 0.3) is 22.2 Å². The maximum absolute atomic E-state index is 13.8. The minimum absolute atomic E-state index is 0. The molecule has 282 valence electrons. The molecule has 2 aromatic rings. The van der Waals surface area contributed by atoms with Gasteiger partial charge in [-0.15, -0.1) is 22.4 Å². The number of hydrogen-bond acceptors (Lipinski definition) is 13. The van der Waals surface area contributed by atoms with E-state index in [4.69, 9.17) is 28.9 Å². The second-order valence-electron chi connectivity index (χ2n) is 13.8. The molecule has 2 atom stereocenters. The van der Waals surface area contributed by atoms with Gasteiger partial charge < -0.3 is 39.1 Å². The topological polar surface area (TPSA) is 217 Å². The first-order valence-corrected chi connectivity index (χ1v) is 16.8. The molecule has 15 nitrogen and oxygen atoms in total. The molecule has 0 spiro atoms. The van der Waals surface area contributed by atoms with Gasteiger partial charge in [-0.2, -0.15) is 0 Å². The molecule has 0 radical (unpaired) electrons. The first-order valence-electron chi connectivity index (χ1n) is 16.8. The maximum atomic E-state index is 13.8. The molecule has 0 aliphatic carbocycles. The molecule has 3 aliphatic rings. The summed E-state index contributed by atoms with van der Waals surface area (Å²) < 4.78 is 19.8. The first-order chi connectivity index (χ1) is 24.9. The van der Waals surface area contributed by atoms with Gasteiger partial charge in [0.15, 0.2) is 5.78 Å². The number of ketones is 1. The van der Waals surface area contributed by atoms with Crippen LogP contribution in [0.15, 0.2) is 24.3 Å². The van der Waals surface area contributed by atoms with E-state index in [-0.39, 0.29) is 97.8 Å². The second-order valence-corrected chi connectivity index (χ2v) is 13.8. The fraction of sp³-hybridized carbons (Fsp3) is 0.447. The number of nitrogens with zero attached hydrogens (tertiary/aromatic N) is 4. The number of aryl methyl sites for hydroxylation is 1. The first kappa shape index (κ1) is 42.0. The Morgan fingerprint density at radius 3 is 1.70 bits per heavy atom. The zero-order valence-corrected chi connectivity index (χ0v) is 34.6. The third-order valence-electron chi connectivity index (χ3n) is 10.1. The Hall–Kier alpha value is -4.79. The molecular formula is C38H42N4O11Zn. The van der Waals surface area contributed by atoms with E-state index in [0.717, 1.165) is 0 Å². The van der Waals surface area contributed by atoms with E-state index in [2.05, 4.69) is 9.97 Å². The number of aromatic nitrogens is 4. The van der Waals surface area contributed by atoms with E-state index in [9.17, 15) is 34.2 Å². The molecule has 2 N–H and O–H groups in total. The summed E-state index contributed by atoms with van der Waals surface area (Å²) in [5.74, 6) is -2.63. The van der Waals surface area contributed by atoms with Gasteiger partial charge in [-0.1, -0.05) is 23.8 Å². The minimum atomic E-state index is -2.01. The molecule has 0 fully saturated rings. The number of Topliss-reactive ketones (excluding diaryl/α,β-unsaturated/α-hetero) is 1. The molecule has 0 saturated carbocycles. The summed E-state index contributed by atoms with van der Waals surface area (Å²) in [7, 11) is 4.98. The van der Waals surface area contributed by atoms with Gasteiger partial charge in [0.05, 0.1) is 75.0 Å². The van der Waals surface area contributed by atoms with E-state index in [1.165, 1.54) is 54.4 Å². The quantitative estimate of drug-likeness (QED) is 0.201. The predicted octanol–water partition coefficient (Wildman–Crippen LogP) is 2.82. The number of methoxy groups -OCH3 is 4. The summed E-state index contributed by atoms with van der Waals surface area (Å²) >= 11 is 0. The summed E-state index contributed by atoms with van der Waals surface area (Å²) in [4.78, 5) is 83.2. The molecule has 54 heavy (non-hydrogen) atoms. The Kier molecular flexibility index (Phi) is 12.4. The van der Waals surface area contributed by atoms with Crippen molar-refractivity contribution in [2.45, 2.75) is 82.8 Å². The van der Waals surface area contributed by atoms with E-state index in [1.54, 1.807) is 26.0 Å². The Bertz CT molecular complexity index is 2130. The average Bonchev–Trinajstić information content (AvgIpc) is 3.72. The standard InChI is InChI=1S/C38H43N4O11.Zn/c1-36(2)28-16-25-21(13-33(45)52-7)19(9-11-31(43)50-5)23(39-25)15-24-20(10-12-32(44)51-6)22(14-34(46)53-8)26(40-24)17-29-37(3,48)38(4,49)30(42-29)18-27(41-28)35(36)47;/h15-18,48-49H,9-14H2,1-8H3,(H-,39,40,41,42,47);/q-1;+2/p-1. The zero-order chi connectivity index (χ0) is 39.0. The summed E-state index contributed by atoms with van der Waals surface area (Å²) in [5, 5.41) is 23.4. The van der Waals surface area contributed by atoms with Gasteiger partial charge >= 0.3 is 43.4 Å². The smallest absolute Gasteiger partial charge is 0.660 e. The third-order valence-corrected chi connectivity index (χ3v) is 10.1. The van der Waals surface area contributed by atoms with E-state index >= 15 is 0 Å². The largest absolute Gasteiger partial charge is 2.00 e. The molecule has 0 amide bonds. The van der Waals surface area contributed by atoms with Crippen molar-refractivity contribution >= 4 is 51.8 Å². The Morgan fingerprint density at radius 1 is 0.630 bits per heavy atom. The van der Waals surface area contributed by atoms with Gasteiger partial charge in [-0.3, -0.25) is 24.0 Å². The summed E-state index contributed by atoms with van der Waals surface area (Å²) in [6.07, 6.45) is -0.538. The average molecular weight is 796 g/mol. The molecule has 8 bridgehead atoms. The van der Waals surface area contributed by atoms with Crippen molar-refractivity contribution in [3.8, 4) is 0 Å². The number of fused-ring (bicyclic) bond motifs is 8. The van der Waals surface area contributed by atoms with Crippen LogP contribution in [0, 0.1) is 0 Å². The van der Waals surface area contributed by atoms with Gasteiger partial charge in [0.2, 0.25) is 0 Å². The number of aliphatic hydroxyl groups is 2. The number of rotatable bonds is 10. The fourth-order valence-corrected chi connectivity index (χ4v) is 6.45. The van der Waals surface area contributed by atoms with Crippen molar-refractivity contribution in [3.05, 3.63) is 69.6 Å². The molecule has 3 aliphatic heterocycles. The van der Waals surface area contributed by atoms with Gasteiger partial charge in [-0.05, 0) is 63.3 Å². The van der Waals surface area contributed by atoms with E-state index in [0.29, 0.717) is 33.5 Å². The molecule has 16 heteroatoms. The van der Waals surface area contributed by atoms with E-state index in [1.807, 2.05) is 0 Å².